The molecule has 0 bridgehead atoms. The predicted octanol–water partition coefficient (Wildman–Crippen LogP) is -1.06. The summed E-state index contributed by atoms with van der Waals surface area (Å²) in [4.78, 5) is 72.5. The number of carboxylic acid groups (broad SMARTS) is 3. The number of aromatic hydroxyl groups is 1. The van der Waals surface area contributed by atoms with E-state index in [9.17, 15) is 49.2 Å². The van der Waals surface area contributed by atoms with Crippen LogP contribution in [0.15, 0.2) is 34.8 Å². The average molecular weight is 650 g/mol. The highest BCUT2D eigenvalue weighted by Gasteiger charge is 2.63. The first-order valence-corrected chi connectivity index (χ1v) is 13.7. The number of aliphatic carboxylic acids is 3. The molecule has 46 heavy (non-hydrogen) atoms. The summed E-state index contributed by atoms with van der Waals surface area (Å²) in [6.07, 6.45) is -1.96. The number of carbonyl (C=O) groups is 6. The Morgan fingerprint density at radius 2 is 1.52 bits per heavy atom. The number of primary amides is 1. The lowest BCUT2D eigenvalue weighted by Gasteiger charge is -2.50. The third-order valence-electron chi connectivity index (χ3n) is 8.35. The van der Waals surface area contributed by atoms with Crippen molar-refractivity contribution in [2.45, 2.75) is 42.9 Å². The van der Waals surface area contributed by atoms with Crippen molar-refractivity contribution in [2.75, 3.05) is 33.1 Å². The number of nitrogens with two attached hydrogens (primary N) is 1. The van der Waals surface area contributed by atoms with Gasteiger partial charge in [-0.25, -0.2) is 4.79 Å². The third kappa shape index (κ3) is 5.86. The Bertz CT molecular complexity index is 1580. The van der Waals surface area contributed by atoms with Gasteiger partial charge in [0.2, 0.25) is 5.78 Å². The summed E-state index contributed by atoms with van der Waals surface area (Å²) < 4.78 is 0. The Labute approximate surface area is 261 Å². The van der Waals surface area contributed by atoms with Crippen molar-refractivity contribution in [3.8, 4) is 5.75 Å². The van der Waals surface area contributed by atoms with Gasteiger partial charge in [-0.2, -0.15) is 0 Å². The number of aliphatic hydroxyl groups excluding tert-OH is 2. The molecule has 0 aromatic heterocycles. The first-order chi connectivity index (χ1) is 21.1. The van der Waals surface area contributed by atoms with Crippen LogP contribution in [0.2, 0.25) is 0 Å². The molecule has 1 aromatic carbocycles. The smallest absolute Gasteiger partial charge is 0.336 e. The minimum atomic E-state index is -2.74. The zero-order valence-corrected chi connectivity index (χ0v) is 25.2. The zero-order valence-electron chi connectivity index (χ0n) is 25.2. The van der Waals surface area contributed by atoms with Crippen LogP contribution in [0.25, 0.3) is 0 Å². The second-order valence-electron chi connectivity index (χ2n) is 11.8. The Hall–Kier alpha value is -5.00. The summed E-state index contributed by atoms with van der Waals surface area (Å²) in [5.74, 6) is -11.6. The SMILES string of the molecule is CN(C)c1ccc(O)c2c1C[C@H]1C[C@@H]3[C@H](N(C)C)C(O)=C(C(N)=O)C(=O)[C@@]3(O)C(O)=C1C2=O.O=C(O)CC(O)(CC(=O)O)C(=O)O. The van der Waals surface area contributed by atoms with E-state index in [0.717, 1.165) is 5.69 Å². The maximum Gasteiger partial charge on any atom is 0.336 e. The number of phenolic OH excluding ortho intramolecular Hbond substituents is 1. The number of allylic oxidation sites excluding steroid dienone is 1. The lowest BCUT2D eigenvalue weighted by atomic mass is 9.58. The molecule has 3 aliphatic rings. The predicted molar refractivity (Wildman–Crippen MR) is 155 cm³/mol. The molecule has 0 heterocycles. The van der Waals surface area contributed by atoms with Gasteiger partial charge in [0.15, 0.2) is 17.0 Å². The Morgan fingerprint density at radius 1 is 0.978 bits per heavy atom. The van der Waals surface area contributed by atoms with Gasteiger partial charge in [-0.15, -0.1) is 0 Å². The summed E-state index contributed by atoms with van der Waals surface area (Å²) in [5.41, 5.74) is 0.284. The van der Waals surface area contributed by atoms with Gasteiger partial charge in [-0.05, 0) is 50.6 Å². The normalized spacial score (nSPS) is 23.9. The van der Waals surface area contributed by atoms with Crippen LogP contribution in [0.1, 0.15) is 35.2 Å². The number of rotatable bonds is 8. The van der Waals surface area contributed by atoms with Gasteiger partial charge in [0, 0.05) is 31.3 Å². The molecule has 3 aliphatic carbocycles. The number of fused-ring (bicyclic) bond motifs is 3. The van der Waals surface area contributed by atoms with E-state index in [4.69, 9.17) is 26.2 Å². The molecule has 17 nitrogen and oxygen atoms in total. The van der Waals surface area contributed by atoms with Crippen molar-refractivity contribution >= 4 is 41.1 Å². The minimum Gasteiger partial charge on any atom is -0.510 e. The van der Waals surface area contributed by atoms with E-state index in [1.165, 1.54) is 11.0 Å². The lowest BCUT2D eigenvalue weighted by Crippen LogP contribution is -2.63. The number of ketones is 2. The van der Waals surface area contributed by atoms with Crippen LogP contribution >= 0.6 is 0 Å². The third-order valence-corrected chi connectivity index (χ3v) is 8.35. The molecule has 250 valence electrons. The highest BCUT2D eigenvalue weighted by atomic mass is 16.4. The number of anilines is 1. The van der Waals surface area contributed by atoms with Gasteiger partial charge in [0.05, 0.1) is 24.4 Å². The largest absolute Gasteiger partial charge is 0.510 e. The molecule has 1 amide bonds. The number of amides is 1. The molecule has 10 N–H and O–H groups in total. The van der Waals surface area contributed by atoms with Crippen LogP contribution < -0.4 is 10.6 Å². The van der Waals surface area contributed by atoms with E-state index in [-0.39, 0.29) is 29.7 Å². The number of nitrogens with zero attached hydrogens (tertiary/aromatic N) is 2. The molecule has 17 heteroatoms. The molecular formula is C29H35N3O14. The number of carbonyl (C=O) groups excluding carboxylic acids is 3. The van der Waals surface area contributed by atoms with Gasteiger partial charge in [-0.1, -0.05) is 0 Å². The van der Waals surface area contributed by atoms with Crippen molar-refractivity contribution in [2.24, 2.45) is 17.6 Å². The van der Waals surface area contributed by atoms with Gasteiger partial charge in [0.1, 0.15) is 22.8 Å². The van der Waals surface area contributed by atoms with Crippen molar-refractivity contribution in [1.29, 1.82) is 0 Å². The molecule has 4 atom stereocenters. The highest BCUT2D eigenvalue weighted by molar-refractivity contribution is 6.24. The second kappa shape index (κ2) is 12.4. The Kier molecular flexibility index (Phi) is 9.58. The van der Waals surface area contributed by atoms with Gasteiger partial charge < -0.3 is 51.5 Å². The molecular weight excluding hydrogens is 614 g/mol. The number of phenols is 1. The summed E-state index contributed by atoms with van der Waals surface area (Å²) in [5, 5.41) is 77.7. The van der Waals surface area contributed by atoms with Crippen LogP contribution in [0, 0.1) is 11.8 Å². The first-order valence-electron chi connectivity index (χ1n) is 13.7. The molecule has 0 radical (unpaired) electrons. The number of Topliss-reactive ketones (excluding diaryl/α,β-unsaturated/α-hetero) is 2. The number of benzene rings is 1. The van der Waals surface area contributed by atoms with E-state index in [1.54, 1.807) is 39.2 Å². The van der Waals surface area contributed by atoms with E-state index < -0.39 is 94.4 Å². The lowest BCUT2D eigenvalue weighted by molar-refractivity contribution is -0.170. The fourth-order valence-corrected chi connectivity index (χ4v) is 6.37. The van der Waals surface area contributed by atoms with Crippen molar-refractivity contribution in [3.05, 3.63) is 45.9 Å². The number of hydrogen-bond acceptors (Lipinski definition) is 13. The van der Waals surface area contributed by atoms with Crippen LogP contribution in [-0.4, -0.2) is 127 Å². The fourth-order valence-electron chi connectivity index (χ4n) is 6.37. The molecule has 0 unspecified atom stereocenters. The summed E-state index contributed by atoms with van der Waals surface area (Å²) in [7, 11) is 6.79. The summed E-state index contributed by atoms with van der Waals surface area (Å²) in [6, 6.07) is 2.06. The summed E-state index contributed by atoms with van der Waals surface area (Å²) in [6.45, 7) is 0. The van der Waals surface area contributed by atoms with Crippen LogP contribution in [0.4, 0.5) is 5.69 Å². The van der Waals surface area contributed by atoms with E-state index >= 15 is 0 Å². The number of hydrogen-bond donors (Lipinski definition) is 9. The summed E-state index contributed by atoms with van der Waals surface area (Å²) >= 11 is 0. The van der Waals surface area contributed by atoms with E-state index in [2.05, 4.69) is 0 Å². The van der Waals surface area contributed by atoms with E-state index in [1.807, 2.05) is 0 Å². The van der Waals surface area contributed by atoms with Crippen LogP contribution in [0.3, 0.4) is 0 Å². The van der Waals surface area contributed by atoms with Crippen molar-refractivity contribution in [1.82, 2.24) is 4.90 Å². The van der Waals surface area contributed by atoms with Crippen LogP contribution in [0.5, 0.6) is 5.75 Å². The Morgan fingerprint density at radius 3 is 1.96 bits per heavy atom. The highest BCUT2D eigenvalue weighted by Crippen LogP contribution is 2.53. The van der Waals surface area contributed by atoms with Crippen molar-refractivity contribution < 1.29 is 69.6 Å². The fraction of sp³-hybridized carbons (Fsp3) is 0.448. The molecule has 0 saturated heterocycles. The molecule has 4 rings (SSSR count). The molecule has 0 aliphatic heterocycles. The minimum absolute atomic E-state index is 0.00184. The first kappa shape index (κ1) is 35.5. The quantitative estimate of drug-likeness (QED) is 0.152. The van der Waals surface area contributed by atoms with Gasteiger partial charge in [-0.3, -0.25) is 28.9 Å². The maximum atomic E-state index is 13.5. The maximum absolute atomic E-state index is 13.5. The topological polar surface area (TPSA) is 297 Å². The van der Waals surface area contributed by atoms with Gasteiger partial charge in [0.25, 0.3) is 5.91 Å². The molecule has 0 saturated carbocycles. The second-order valence-corrected chi connectivity index (χ2v) is 11.8. The number of aliphatic hydroxyl groups is 4. The number of likely N-dealkylation sites (N-methyl/N-ethyl adjacent to an activating group) is 1. The Balaban J connectivity index is 0.000000376. The van der Waals surface area contributed by atoms with E-state index in [0.29, 0.717) is 5.56 Å². The van der Waals surface area contributed by atoms with Crippen molar-refractivity contribution in [3.63, 3.8) is 0 Å². The zero-order chi connectivity index (χ0) is 35.2. The van der Waals surface area contributed by atoms with Gasteiger partial charge >= 0.3 is 17.9 Å². The van der Waals surface area contributed by atoms with Crippen LogP contribution in [-0.2, 0) is 30.4 Å². The molecule has 1 aromatic rings. The average Bonchev–Trinajstić information content (AvgIpc) is 2.89. The molecule has 0 spiro atoms. The monoisotopic (exact) mass is 649 g/mol. The number of carboxylic acids is 3. The standard InChI is InChI=1S/C23H27N3O7.C6H8O7/c1-25(2)12-5-6-13(27)15-10(12)7-9-8-11-17(26(3)4)19(29)16(22(24)32)21(31)23(11,33)20(30)14(9)18(15)28;7-3(8)1-6(13,5(11)12)2-4(9)10/h5-6,9,11,17,27,29-30,33H,7-8H2,1-4H3,(H2,24,32);13H,1-2H2,(H,7,8)(H,9,10)(H,11,12)/t9-,11+,17-,23-;/m0./s1. The molecule has 0 fully saturated rings.